The molecule has 0 bridgehead atoms. The number of carboxylic acids is 1. The van der Waals surface area contributed by atoms with E-state index in [-0.39, 0.29) is 6.42 Å². The number of ether oxygens (including phenoxy) is 4. The van der Waals surface area contributed by atoms with Crippen LogP contribution in [0.5, 0.6) is 17.2 Å². The van der Waals surface area contributed by atoms with Gasteiger partial charge in [0.2, 0.25) is 0 Å². The van der Waals surface area contributed by atoms with Crippen molar-refractivity contribution in [2.45, 2.75) is 33.0 Å². The Morgan fingerprint density at radius 2 is 1.81 bits per heavy atom. The first kappa shape index (κ1) is 20.6. The van der Waals surface area contributed by atoms with E-state index in [4.69, 9.17) is 18.9 Å². The number of carbonyl (C=O) groups is 1. The van der Waals surface area contributed by atoms with E-state index in [1.807, 2.05) is 37.3 Å². The Labute approximate surface area is 159 Å². The summed E-state index contributed by atoms with van der Waals surface area (Å²) in [5.74, 6) is 0.948. The maximum absolute atomic E-state index is 11.3. The number of carboxylic acid groups (broad SMARTS) is 1. The molecule has 6 nitrogen and oxygen atoms in total. The number of aliphatic carboxylic acids is 1. The molecule has 2 aromatic carbocycles. The molecule has 0 aliphatic heterocycles. The van der Waals surface area contributed by atoms with Crippen LogP contribution >= 0.6 is 0 Å². The van der Waals surface area contributed by atoms with Crippen LogP contribution in [0.3, 0.4) is 0 Å². The van der Waals surface area contributed by atoms with Gasteiger partial charge in [0, 0.05) is 13.0 Å². The maximum Gasteiger partial charge on any atom is 0.333 e. The summed E-state index contributed by atoms with van der Waals surface area (Å²) >= 11 is 0. The number of hydrogen-bond acceptors (Lipinski definition) is 5. The van der Waals surface area contributed by atoms with Crippen LogP contribution in [0.15, 0.2) is 42.5 Å². The Bertz CT molecular complexity index is 743. The predicted molar refractivity (Wildman–Crippen MR) is 102 cm³/mol. The lowest BCUT2D eigenvalue weighted by atomic mass is 10.1. The quantitative estimate of drug-likeness (QED) is 0.646. The summed E-state index contributed by atoms with van der Waals surface area (Å²) in [5.41, 5.74) is 1.76. The largest absolute Gasteiger partial charge is 0.494 e. The Balaban J connectivity index is 2.12. The van der Waals surface area contributed by atoms with Crippen LogP contribution < -0.4 is 14.2 Å². The molecule has 1 atom stereocenters. The van der Waals surface area contributed by atoms with E-state index in [2.05, 4.69) is 0 Å². The Hall–Kier alpha value is -2.73. The summed E-state index contributed by atoms with van der Waals surface area (Å²) in [5, 5.41) is 9.26. The second-order valence-electron chi connectivity index (χ2n) is 5.84. The van der Waals surface area contributed by atoms with Crippen LogP contribution in [0.1, 0.15) is 25.0 Å². The summed E-state index contributed by atoms with van der Waals surface area (Å²) in [4.78, 5) is 11.3. The molecule has 0 radical (unpaired) electrons. The van der Waals surface area contributed by atoms with Gasteiger partial charge in [-0.15, -0.1) is 0 Å². The molecule has 0 fully saturated rings. The molecule has 27 heavy (non-hydrogen) atoms. The normalized spacial score (nSPS) is 11.7. The topological polar surface area (TPSA) is 74.2 Å². The first-order valence-electron chi connectivity index (χ1n) is 8.93. The minimum atomic E-state index is -0.983. The van der Waals surface area contributed by atoms with Crippen molar-refractivity contribution >= 4 is 5.97 Å². The molecular formula is C21H26O6. The molecule has 1 unspecified atom stereocenters. The lowest BCUT2D eigenvalue weighted by Crippen LogP contribution is -2.26. The molecule has 146 valence electrons. The average Bonchev–Trinajstić information content (AvgIpc) is 2.66. The van der Waals surface area contributed by atoms with E-state index in [1.165, 1.54) is 0 Å². The molecule has 0 saturated heterocycles. The predicted octanol–water partition coefficient (Wildman–Crippen LogP) is 3.71. The van der Waals surface area contributed by atoms with Crippen LogP contribution in [-0.2, 0) is 22.6 Å². The molecule has 0 heterocycles. The van der Waals surface area contributed by atoms with E-state index in [0.29, 0.717) is 31.3 Å². The summed E-state index contributed by atoms with van der Waals surface area (Å²) in [6.07, 6.45) is -0.636. The van der Waals surface area contributed by atoms with Crippen molar-refractivity contribution in [1.29, 1.82) is 0 Å². The molecule has 0 saturated carbocycles. The SMILES string of the molecule is CCOc1cccc(COc2cc(CC(OCC)C(=O)O)ccc2OC)c1. The third-order valence-electron chi connectivity index (χ3n) is 3.90. The fourth-order valence-corrected chi connectivity index (χ4v) is 2.65. The summed E-state index contributed by atoms with van der Waals surface area (Å²) in [6, 6.07) is 13.1. The fourth-order valence-electron chi connectivity index (χ4n) is 2.65. The number of hydrogen-bond donors (Lipinski definition) is 1. The van der Waals surface area contributed by atoms with Gasteiger partial charge in [-0.3, -0.25) is 0 Å². The minimum Gasteiger partial charge on any atom is -0.494 e. The van der Waals surface area contributed by atoms with Crippen molar-refractivity contribution < 1.29 is 28.8 Å². The second kappa shape index (κ2) is 10.4. The Morgan fingerprint density at radius 1 is 1.00 bits per heavy atom. The van der Waals surface area contributed by atoms with Crippen LogP contribution in [0.25, 0.3) is 0 Å². The van der Waals surface area contributed by atoms with E-state index in [0.717, 1.165) is 16.9 Å². The number of rotatable bonds is 11. The van der Waals surface area contributed by atoms with Gasteiger partial charge in [-0.05, 0) is 49.2 Å². The van der Waals surface area contributed by atoms with E-state index >= 15 is 0 Å². The molecule has 0 aliphatic carbocycles. The van der Waals surface area contributed by atoms with Crippen LogP contribution in [0.4, 0.5) is 0 Å². The fraction of sp³-hybridized carbons (Fsp3) is 0.381. The molecule has 2 rings (SSSR count). The Kier molecular flexibility index (Phi) is 7.95. The lowest BCUT2D eigenvalue weighted by Gasteiger charge is -2.15. The smallest absolute Gasteiger partial charge is 0.333 e. The van der Waals surface area contributed by atoms with Gasteiger partial charge in [-0.25, -0.2) is 4.79 Å². The average molecular weight is 374 g/mol. The molecular weight excluding hydrogens is 348 g/mol. The zero-order chi connectivity index (χ0) is 19.6. The van der Waals surface area contributed by atoms with Crippen LogP contribution in [0.2, 0.25) is 0 Å². The monoisotopic (exact) mass is 374 g/mol. The number of benzene rings is 2. The standard InChI is InChI=1S/C21H26O6/c1-4-25-17-8-6-7-16(11-17)14-27-19-12-15(9-10-18(19)24-3)13-20(21(22)23)26-5-2/h6-12,20H,4-5,13-14H2,1-3H3,(H,22,23). The maximum atomic E-state index is 11.3. The van der Waals surface area contributed by atoms with Gasteiger partial charge in [0.15, 0.2) is 17.6 Å². The highest BCUT2D eigenvalue weighted by Gasteiger charge is 2.19. The van der Waals surface area contributed by atoms with Gasteiger partial charge < -0.3 is 24.1 Å². The third-order valence-corrected chi connectivity index (χ3v) is 3.90. The third kappa shape index (κ3) is 6.18. The summed E-state index contributed by atoms with van der Waals surface area (Å²) in [6.45, 7) is 4.99. The van der Waals surface area contributed by atoms with E-state index in [1.54, 1.807) is 26.2 Å². The minimum absolute atomic E-state index is 0.253. The number of methoxy groups -OCH3 is 1. The van der Waals surface area contributed by atoms with Gasteiger partial charge in [-0.2, -0.15) is 0 Å². The first-order chi connectivity index (χ1) is 13.1. The van der Waals surface area contributed by atoms with E-state index < -0.39 is 12.1 Å². The molecule has 1 N–H and O–H groups in total. The molecule has 6 heteroatoms. The molecule has 0 amide bonds. The molecule has 0 aromatic heterocycles. The molecule has 2 aromatic rings. The van der Waals surface area contributed by atoms with Crippen molar-refractivity contribution in [3.63, 3.8) is 0 Å². The Morgan fingerprint density at radius 3 is 2.48 bits per heavy atom. The summed E-state index contributed by atoms with van der Waals surface area (Å²) in [7, 11) is 1.57. The van der Waals surface area contributed by atoms with Crippen molar-refractivity contribution in [3.05, 3.63) is 53.6 Å². The van der Waals surface area contributed by atoms with Gasteiger partial charge in [0.05, 0.1) is 13.7 Å². The first-order valence-corrected chi connectivity index (χ1v) is 8.93. The second-order valence-corrected chi connectivity index (χ2v) is 5.84. The van der Waals surface area contributed by atoms with Gasteiger partial charge >= 0.3 is 5.97 Å². The molecule has 0 aliphatic rings. The highest BCUT2D eigenvalue weighted by Crippen LogP contribution is 2.30. The van der Waals surface area contributed by atoms with Gasteiger partial charge in [-0.1, -0.05) is 18.2 Å². The summed E-state index contributed by atoms with van der Waals surface area (Å²) < 4.78 is 22.1. The molecule has 0 spiro atoms. The van der Waals surface area contributed by atoms with Gasteiger partial charge in [0.25, 0.3) is 0 Å². The lowest BCUT2D eigenvalue weighted by molar-refractivity contribution is -0.149. The van der Waals surface area contributed by atoms with Crippen molar-refractivity contribution in [1.82, 2.24) is 0 Å². The van der Waals surface area contributed by atoms with Gasteiger partial charge in [0.1, 0.15) is 12.4 Å². The zero-order valence-electron chi connectivity index (χ0n) is 15.9. The van der Waals surface area contributed by atoms with Crippen molar-refractivity contribution in [2.75, 3.05) is 20.3 Å². The zero-order valence-corrected chi connectivity index (χ0v) is 15.9. The van der Waals surface area contributed by atoms with E-state index in [9.17, 15) is 9.90 Å². The van der Waals surface area contributed by atoms with Crippen molar-refractivity contribution in [2.24, 2.45) is 0 Å². The highest BCUT2D eigenvalue weighted by molar-refractivity contribution is 5.72. The van der Waals surface area contributed by atoms with Crippen LogP contribution in [-0.4, -0.2) is 37.5 Å². The highest BCUT2D eigenvalue weighted by atomic mass is 16.5. The van der Waals surface area contributed by atoms with Crippen LogP contribution in [0, 0.1) is 0 Å². The van der Waals surface area contributed by atoms with Crippen molar-refractivity contribution in [3.8, 4) is 17.2 Å².